The fraction of sp³-hybridized carbons (Fsp3) is 0.278. The summed E-state index contributed by atoms with van der Waals surface area (Å²) >= 11 is 0. The molecule has 0 saturated heterocycles. The fourth-order valence-electron chi connectivity index (χ4n) is 2.74. The van der Waals surface area contributed by atoms with E-state index in [1.165, 1.54) is 12.5 Å². The number of carbonyl (C=O) groups excluding carboxylic acids is 1. The van der Waals surface area contributed by atoms with Crippen molar-refractivity contribution in [2.75, 3.05) is 0 Å². The third kappa shape index (κ3) is 2.26. The summed E-state index contributed by atoms with van der Waals surface area (Å²) in [5.41, 5.74) is 2.80. The Morgan fingerprint density at radius 1 is 1.10 bits per heavy atom. The predicted molar refractivity (Wildman–Crippen MR) is 77.6 cm³/mol. The van der Waals surface area contributed by atoms with Crippen LogP contribution in [-0.2, 0) is 0 Å². The summed E-state index contributed by atoms with van der Waals surface area (Å²) in [7, 11) is 0. The van der Waals surface area contributed by atoms with Crippen molar-refractivity contribution in [1.82, 2.24) is 0 Å². The van der Waals surface area contributed by atoms with Crippen molar-refractivity contribution in [2.24, 2.45) is 0 Å². The molecule has 0 atom stereocenters. The molecule has 1 saturated carbocycles. The minimum absolute atomic E-state index is 0.178. The molecule has 2 heteroatoms. The van der Waals surface area contributed by atoms with Crippen LogP contribution in [0.3, 0.4) is 0 Å². The summed E-state index contributed by atoms with van der Waals surface area (Å²) in [5, 5.41) is 0. The van der Waals surface area contributed by atoms with Gasteiger partial charge in [0.25, 0.3) is 0 Å². The Labute approximate surface area is 118 Å². The quantitative estimate of drug-likeness (QED) is 0.741. The van der Waals surface area contributed by atoms with Crippen LogP contribution in [0.1, 0.15) is 52.2 Å². The molecular weight excluding hydrogens is 251 g/mol. The summed E-state index contributed by atoms with van der Waals surface area (Å²) in [6.07, 6.45) is 3.47. The molecule has 1 aliphatic carbocycles. The van der Waals surface area contributed by atoms with Gasteiger partial charge >= 0.3 is 0 Å². The monoisotopic (exact) mass is 268 g/mol. The lowest BCUT2D eigenvalue weighted by atomic mass is 9.77. The molecule has 0 radical (unpaired) electrons. The predicted octanol–water partition coefficient (Wildman–Crippen LogP) is 4.63. The lowest BCUT2D eigenvalue weighted by molar-refractivity contribution is 0.103. The third-order valence-electron chi connectivity index (χ3n) is 4.12. The van der Waals surface area contributed by atoms with E-state index >= 15 is 0 Å². The zero-order chi connectivity index (χ0) is 14.1. The molecule has 0 aliphatic heterocycles. The van der Waals surface area contributed by atoms with Gasteiger partial charge < -0.3 is 0 Å². The Morgan fingerprint density at radius 2 is 1.85 bits per heavy atom. The van der Waals surface area contributed by atoms with E-state index in [-0.39, 0.29) is 11.3 Å². The Bertz CT molecular complexity index is 656. The first-order valence-electron chi connectivity index (χ1n) is 7.06. The van der Waals surface area contributed by atoms with Crippen molar-refractivity contribution in [3.63, 3.8) is 0 Å². The van der Waals surface area contributed by atoms with Crippen molar-refractivity contribution in [3.05, 3.63) is 70.5 Å². The van der Waals surface area contributed by atoms with E-state index in [4.69, 9.17) is 0 Å². The first-order valence-corrected chi connectivity index (χ1v) is 7.06. The maximum Gasteiger partial charge on any atom is 0.196 e. The van der Waals surface area contributed by atoms with Gasteiger partial charge in [0.05, 0.1) is 5.56 Å². The van der Waals surface area contributed by atoms with Crippen LogP contribution < -0.4 is 0 Å². The average Bonchev–Trinajstić information content (AvgIpc) is 2.39. The van der Waals surface area contributed by atoms with Crippen LogP contribution in [0.4, 0.5) is 4.39 Å². The molecule has 0 heterocycles. The fourth-order valence-corrected chi connectivity index (χ4v) is 2.74. The lowest BCUT2D eigenvalue weighted by Crippen LogP contribution is -2.15. The van der Waals surface area contributed by atoms with Gasteiger partial charge in [-0.3, -0.25) is 4.79 Å². The van der Waals surface area contributed by atoms with Gasteiger partial charge in [-0.05, 0) is 43.4 Å². The van der Waals surface area contributed by atoms with E-state index in [0.29, 0.717) is 11.5 Å². The smallest absolute Gasteiger partial charge is 0.196 e. The van der Waals surface area contributed by atoms with Gasteiger partial charge in [0.2, 0.25) is 0 Å². The number of aryl methyl sites for hydroxylation is 1. The highest BCUT2D eigenvalue weighted by Crippen LogP contribution is 2.38. The van der Waals surface area contributed by atoms with Gasteiger partial charge in [-0.25, -0.2) is 4.39 Å². The molecule has 2 aromatic carbocycles. The van der Waals surface area contributed by atoms with E-state index < -0.39 is 5.82 Å². The van der Waals surface area contributed by atoms with Gasteiger partial charge in [-0.2, -0.15) is 0 Å². The highest BCUT2D eigenvalue weighted by molar-refractivity contribution is 6.10. The second-order valence-corrected chi connectivity index (χ2v) is 5.53. The molecule has 102 valence electrons. The Balaban J connectivity index is 2.04. The molecule has 20 heavy (non-hydrogen) atoms. The molecule has 1 nitrogen and oxygen atoms in total. The van der Waals surface area contributed by atoms with Crippen LogP contribution in [0.2, 0.25) is 0 Å². The molecule has 0 spiro atoms. The van der Waals surface area contributed by atoms with Crippen LogP contribution in [0.5, 0.6) is 0 Å². The first-order chi connectivity index (χ1) is 9.66. The maximum absolute atomic E-state index is 13.9. The number of benzene rings is 2. The van der Waals surface area contributed by atoms with Crippen molar-refractivity contribution in [3.8, 4) is 0 Å². The molecule has 0 bridgehead atoms. The largest absolute Gasteiger partial charge is 0.288 e. The maximum atomic E-state index is 13.9. The molecule has 3 rings (SSSR count). The summed E-state index contributed by atoms with van der Waals surface area (Å²) in [4.78, 5) is 12.6. The second-order valence-electron chi connectivity index (χ2n) is 5.53. The molecule has 1 aliphatic rings. The second kappa shape index (κ2) is 5.20. The van der Waals surface area contributed by atoms with Crippen LogP contribution in [0.25, 0.3) is 0 Å². The van der Waals surface area contributed by atoms with Gasteiger partial charge in [-0.15, -0.1) is 0 Å². The average molecular weight is 268 g/mol. The van der Waals surface area contributed by atoms with Gasteiger partial charge in [0.15, 0.2) is 5.78 Å². The molecular formula is C18H17FO. The summed E-state index contributed by atoms with van der Waals surface area (Å²) in [6, 6.07) is 12.3. The molecule has 2 aromatic rings. The Hall–Kier alpha value is -1.96. The molecule has 0 amide bonds. The summed E-state index contributed by atoms with van der Waals surface area (Å²) in [6.45, 7) is 1.87. The van der Waals surface area contributed by atoms with Crippen LogP contribution in [0, 0.1) is 12.7 Å². The molecule has 0 unspecified atom stereocenters. The molecule has 0 aromatic heterocycles. The van der Waals surface area contributed by atoms with Gasteiger partial charge in [-0.1, -0.05) is 42.3 Å². The van der Waals surface area contributed by atoms with E-state index in [0.717, 1.165) is 24.0 Å². The standard InChI is InChI=1S/C18H17FO/c1-12-9-10-17(19)16(11-12)18(20)15-8-3-2-7-14(15)13-5-4-6-13/h2-3,7-11,13H,4-6H2,1H3. The first kappa shape index (κ1) is 13.0. The number of halogens is 1. The Morgan fingerprint density at radius 3 is 2.55 bits per heavy atom. The van der Waals surface area contributed by atoms with Crippen molar-refractivity contribution in [2.45, 2.75) is 32.1 Å². The number of hydrogen-bond acceptors (Lipinski definition) is 1. The normalized spacial score (nSPS) is 14.9. The molecule has 1 fully saturated rings. The summed E-state index contributed by atoms with van der Waals surface area (Å²) < 4.78 is 13.9. The lowest BCUT2D eigenvalue weighted by Gasteiger charge is -2.27. The van der Waals surface area contributed by atoms with Gasteiger partial charge in [0.1, 0.15) is 5.82 Å². The van der Waals surface area contributed by atoms with E-state index in [9.17, 15) is 9.18 Å². The highest BCUT2D eigenvalue weighted by Gasteiger charge is 2.25. The topological polar surface area (TPSA) is 17.1 Å². The van der Waals surface area contributed by atoms with E-state index in [1.807, 2.05) is 31.2 Å². The van der Waals surface area contributed by atoms with Gasteiger partial charge in [0, 0.05) is 5.56 Å². The van der Waals surface area contributed by atoms with E-state index in [2.05, 4.69) is 0 Å². The molecule has 0 N–H and O–H groups in total. The summed E-state index contributed by atoms with van der Waals surface area (Å²) in [5.74, 6) is -0.180. The zero-order valence-electron chi connectivity index (χ0n) is 11.5. The van der Waals surface area contributed by atoms with Crippen LogP contribution in [-0.4, -0.2) is 5.78 Å². The van der Waals surface area contributed by atoms with Crippen molar-refractivity contribution < 1.29 is 9.18 Å². The SMILES string of the molecule is Cc1ccc(F)c(C(=O)c2ccccc2C2CCC2)c1. The Kier molecular flexibility index (Phi) is 3.39. The third-order valence-corrected chi connectivity index (χ3v) is 4.12. The highest BCUT2D eigenvalue weighted by atomic mass is 19.1. The minimum atomic E-state index is -0.441. The minimum Gasteiger partial charge on any atom is -0.288 e. The van der Waals surface area contributed by atoms with Crippen molar-refractivity contribution >= 4 is 5.78 Å². The van der Waals surface area contributed by atoms with Crippen molar-refractivity contribution in [1.29, 1.82) is 0 Å². The number of carbonyl (C=O) groups is 1. The van der Waals surface area contributed by atoms with E-state index in [1.54, 1.807) is 12.1 Å². The number of ketones is 1. The number of hydrogen-bond donors (Lipinski definition) is 0. The van der Waals surface area contributed by atoms with Crippen LogP contribution in [0.15, 0.2) is 42.5 Å². The van der Waals surface area contributed by atoms with Crippen LogP contribution >= 0.6 is 0 Å². The zero-order valence-corrected chi connectivity index (χ0v) is 11.5. The number of rotatable bonds is 3.